The van der Waals surface area contributed by atoms with Crippen molar-refractivity contribution in [1.82, 2.24) is 5.32 Å². The van der Waals surface area contributed by atoms with E-state index in [1.807, 2.05) is 6.07 Å². The van der Waals surface area contributed by atoms with E-state index >= 15 is 0 Å². The number of nitrogens with one attached hydrogen (secondary N) is 2. The number of anilines is 1. The number of amides is 2. The van der Waals surface area contributed by atoms with E-state index in [0.717, 1.165) is 5.56 Å². The van der Waals surface area contributed by atoms with Gasteiger partial charge < -0.3 is 10.6 Å². The first kappa shape index (κ1) is 20.2. The van der Waals surface area contributed by atoms with Gasteiger partial charge in [0.2, 0.25) is 11.8 Å². The zero-order valence-corrected chi connectivity index (χ0v) is 16.0. The standard InChI is InChI=1S/C19H16Cl2N2O2S/c1-2-13-4-3-5-16(8-13)23-18(24)10-22-19(25)12-26-11-14-6-7-15(20)9-17(14)21/h1,3-9H,10-12H2,(H,22,25)(H,23,24). The smallest absolute Gasteiger partial charge is 0.243 e. The van der Waals surface area contributed by atoms with Crippen molar-refractivity contribution >= 4 is 52.5 Å². The van der Waals surface area contributed by atoms with Crippen molar-refractivity contribution < 1.29 is 9.59 Å². The number of hydrogen-bond acceptors (Lipinski definition) is 3. The molecule has 2 N–H and O–H groups in total. The Hall–Kier alpha value is -2.13. The fraction of sp³-hybridized carbons (Fsp3) is 0.158. The summed E-state index contributed by atoms with van der Waals surface area (Å²) in [7, 11) is 0. The molecule has 2 amide bonds. The molecule has 0 fully saturated rings. The maximum Gasteiger partial charge on any atom is 0.243 e. The van der Waals surface area contributed by atoms with Crippen molar-refractivity contribution in [1.29, 1.82) is 0 Å². The van der Waals surface area contributed by atoms with E-state index in [-0.39, 0.29) is 24.1 Å². The fourth-order valence-electron chi connectivity index (χ4n) is 2.01. The summed E-state index contributed by atoms with van der Waals surface area (Å²) in [5, 5.41) is 6.39. The molecule has 2 aromatic carbocycles. The number of carbonyl (C=O) groups excluding carboxylic acids is 2. The molecule has 0 unspecified atom stereocenters. The Balaban J connectivity index is 1.71. The lowest BCUT2D eigenvalue weighted by Crippen LogP contribution is -2.33. The van der Waals surface area contributed by atoms with Crippen LogP contribution in [0.2, 0.25) is 10.0 Å². The molecule has 0 bridgehead atoms. The molecule has 4 nitrogen and oxygen atoms in total. The van der Waals surface area contributed by atoms with Gasteiger partial charge in [-0.15, -0.1) is 18.2 Å². The summed E-state index contributed by atoms with van der Waals surface area (Å²) in [6.45, 7) is -0.110. The first-order valence-corrected chi connectivity index (χ1v) is 9.54. The number of hydrogen-bond donors (Lipinski definition) is 2. The Morgan fingerprint density at radius 2 is 1.92 bits per heavy atom. The molecular weight excluding hydrogens is 391 g/mol. The monoisotopic (exact) mass is 406 g/mol. The SMILES string of the molecule is C#Cc1cccc(NC(=O)CNC(=O)CSCc2ccc(Cl)cc2Cl)c1. The van der Waals surface area contributed by atoms with Crippen LogP contribution in [0.5, 0.6) is 0 Å². The van der Waals surface area contributed by atoms with Gasteiger partial charge >= 0.3 is 0 Å². The van der Waals surface area contributed by atoms with Crippen LogP contribution >= 0.6 is 35.0 Å². The van der Waals surface area contributed by atoms with Crippen LogP contribution in [0, 0.1) is 12.3 Å². The van der Waals surface area contributed by atoms with E-state index in [1.165, 1.54) is 11.8 Å². The van der Waals surface area contributed by atoms with E-state index in [1.54, 1.807) is 36.4 Å². The molecule has 0 aromatic heterocycles. The van der Waals surface area contributed by atoms with Gasteiger partial charge in [-0.3, -0.25) is 9.59 Å². The third kappa shape index (κ3) is 6.64. The van der Waals surface area contributed by atoms with Crippen molar-refractivity contribution in [3.63, 3.8) is 0 Å². The normalized spacial score (nSPS) is 10.0. The van der Waals surface area contributed by atoms with Crippen molar-refractivity contribution in [3.8, 4) is 12.3 Å². The second-order valence-corrected chi connectivity index (χ2v) is 7.11. The van der Waals surface area contributed by atoms with Crippen LogP contribution in [-0.2, 0) is 15.3 Å². The fourth-order valence-corrected chi connectivity index (χ4v) is 3.43. The van der Waals surface area contributed by atoms with Gasteiger partial charge in [-0.1, -0.05) is 41.3 Å². The molecular formula is C19H16Cl2N2O2S. The molecule has 0 aliphatic carbocycles. The highest BCUT2D eigenvalue weighted by atomic mass is 35.5. The van der Waals surface area contributed by atoms with Gasteiger partial charge in [-0.25, -0.2) is 0 Å². The van der Waals surface area contributed by atoms with Crippen LogP contribution in [0.4, 0.5) is 5.69 Å². The molecule has 2 rings (SSSR count). The predicted octanol–water partition coefficient (Wildman–Crippen LogP) is 3.96. The lowest BCUT2D eigenvalue weighted by Gasteiger charge is -2.08. The lowest BCUT2D eigenvalue weighted by atomic mass is 10.2. The largest absolute Gasteiger partial charge is 0.346 e. The summed E-state index contributed by atoms with van der Waals surface area (Å²) in [6.07, 6.45) is 5.32. The van der Waals surface area contributed by atoms with Crippen molar-refractivity contribution in [2.24, 2.45) is 0 Å². The third-order valence-corrected chi connectivity index (χ3v) is 4.83. The summed E-state index contributed by atoms with van der Waals surface area (Å²) >= 11 is 13.3. The third-order valence-electron chi connectivity index (χ3n) is 3.26. The number of rotatable bonds is 7. The van der Waals surface area contributed by atoms with Gasteiger partial charge in [0.05, 0.1) is 12.3 Å². The maximum atomic E-state index is 11.9. The minimum Gasteiger partial charge on any atom is -0.346 e. The van der Waals surface area contributed by atoms with Gasteiger partial charge in [0.1, 0.15) is 0 Å². The number of benzene rings is 2. The summed E-state index contributed by atoms with van der Waals surface area (Å²) in [5.41, 5.74) is 2.16. The molecule has 26 heavy (non-hydrogen) atoms. The van der Waals surface area contributed by atoms with Crippen LogP contribution in [0.1, 0.15) is 11.1 Å². The van der Waals surface area contributed by atoms with Crippen molar-refractivity contribution in [2.45, 2.75) is 5.75 Å². The van der Waals surface area contributed by atoms with Crippen LogP contribution in [0.25, 0.3) is 0 Å². The summed E-state index contributed by atoms with van der Waals surface area (Å²) < 4.78 is 0. The van der Waals surface area contributed by atoms with E-state index in [9.17, 15) is 9.59 Å². The molecule has 0 radical (unpaired) electrons. The lowest BCUT2D eigenvalue weighted by molar-refractivity contribution is -0.122. The van der Waals surface area contributed by atoms with Crippen molar-refractivity contribution in [2.75, 3.05) is 17.6 Å². The Bertz CT molecular complexity index is 850. The first-order chi connectivity index (χ1) is 12.5. The highest BCUT2D eigenvalue weighted by Crippen LogP contribution is 2.24. The molecule has 0 saturated heterocycles. The van der Waals surface area contributed by atoms with E-state index in [2.05, 4.69) is 16.6 Å². The quantitative estimate of drug-likeness (QED) is 0.684. The minimum absolute atomic E-state index is 0.110. The van der Waals surface area contributed by atoms with Crippen molar-refractivity contribution in [3.05, 3.63) is 63.6 Å². The van der Waals surface area contributed by atoms with Gasteiger partial charge in [0.25, 0.3) is 0 Å². The van der Waals surface area contributed by atoms with E-state index < -0.39 is 0 Å². The summed E-state index contributed by atoms with van der Waals surface area (Å²) in [4.78, 5) is 23.7. The van der Waals surface area contributed by atoms with Crippen LogP contribution < -0.4 is 10.6 Å². The zero-order chi connectivity index (χ0) is 18.9. The molecule has 0 aliphatic rings. The zero-order valence-electron chi connectivity index (χ0n) is 13.7. The summed E-state index contributed by atoms with van der Waals surface area (Å²) in [5.74, 6) is 2.74. The topological polar surface area (TPSA) is 58.2 Å². The molecule has 0 spiro atoms. The second kappa shape index (κ2) is 10.1. The minimum atomic E-state index is -0.321. The van der Waals surface area contributed by atoms with Gasteiger partial charge in [0, 0.05) is 27.0 Å². The Morgan fingerprint density at radius 3 is 2.65 bits per heavy atom. The Labute approximate surface area is 166 Å². The molecule has 134 valence electrons. The first-order valence-electron chi connectivity index (χ1n) is 7.63. The van der Waals surface area contributed by atoms with Crippen LogP contribution in [0.15, 0.2) is 42.5 Å². The average Bonchev–Trinajstić information content (AvgIpc) is 2.62. The Kier molecular flexibility index (Phi) is 7.86. The van der Waals surface area contributed by atoms with E-state index in [4.69, 9.17) is 29.6 Å². The second-order valence-electron chi connectivity index (χ2n) is 5.28. The highest BCUT2D eigenvalue weighted by Gasteiger charge is 2.08. The maximum absolute atomic E-state index is 11.9. The van der Waals surface area contributed by atoms with Gasteiger partial charge in [0.15, 0.2) is 0 Å². The van der Waals surface area contributed by atoms with Gasteiger partial charge in [-0.05, 0) is 35.9 Å². The Morgan fingerprint density at radius 1 is 1.12 bits per heavy atom. The molecule has 0 atom stereocenters. The molecule has 0 saturated carbocycles. The van der Waals surface area contributed by atoms with Crippen LogP contribution in [0.3, 0.4) is 0 Å². The number of thioether (sulfide) groups is 1. The number of halogens is 2. The molecule has 7 heteroatoms. The van der Waals surface area contributed by atoms with E-state index in [0.29, 0.717) is 27.0 Å². The average molecular weight is 407 g/mol. The molecule has 0 heterocycles. The highest BCUT2D eigenvalue weighted by molar-refractivity contribution is 7.99. The van der Waals surface area contributed by atoms with Crippen LogP contribution in [-0.4, -0.2) is 24.1 Å². The predicted molar refractivity (Wildman–Crippen MR) is 109 cm³/mol. The molecule has 2 aromatic rings. The summed E-state index contributed by atoms with van der Waals surface area (Å²) in [6, 6.07) is 12.2. The van der Waals surface area contributed by atoms with Gasteiger partial charge in [-0.2, -0.15) is 0 Å². The number of terminal acetylenes is 1. The number of carbonyl (C=O) groups is 2. The molecule has 0 aliphatic heterocycles.